The minimum atomic E-state index is 0.611. The van der Waals surface area contributed by atoms with Crippen LogP contribution in [0.3, 0.4) is 0 Å². The zero-order chi connectivity index (χ0) is 22.3. The number of benzene rings is 2. The first kappa shape index (κ1) is 21.4. The van der Waals surface area contributed by atoms with E-state index in [9.17, 15) is 0 Å². The lowest BCUT2D eigenvalue weighted by Crippen LogP contribution is -2.08. The van der Waals surface area contributed by atoms with Crippen molar-refractivity contribution in [2.45, 2.75) is 6.54 Å². The van der Waals surface area contributed by atoms with Crippen LogP contribution in [0.15, 0.2) is 73.1 Å². The summed E-state index contributed by atoms with van der Waals surface area (Å²) in [6.07, 6.45) is 3.87. The van der Waals surface area contributed by atoms with Gasteiger partial charge in [-0.1, -0.05) is 24.3 Å². The number of hydrogen-bond donors (Lipinski definition) is 2. The molecule has 2 aromatic heterocycles. The van der Waals surface area contributed by atoms with Gasteiger partial charge in [0, 0.05) is 42.9 Å². The van der Waals surface area contributed by atoms with Gasteiger partial charge in [-0.15, -0.1) is 0 Å². The van der Waals surface area contributed by atoms with E-state index in [1.54, 1.807) is 20.4 Å². The molecule has 3 N–H and O–H groups in total. The highest BCUT2D eigenvalue weighted by Crippen LogP contribution is 2.33. The van der Waals surface area contributed by atoms with Gasteiger partial charge in [0.05, 0.1) is 20.3 Å². The number of nitrogens with one attached hydrogen (secondary N) is 1. The van der Waals surface area contributed by atoms with Gasteiger partial charge < -0.3 is 20.5 Å². The maximum Gasteiger partial charge on any atom is 0.126 e. The number of nitrogen functional groups attached to an aromatic ring is 1. The van der Waals surface area contributed by atoms with E-state index in [0.717, 1.165) is 39.5 Å². The molecule has 7 heteroatoms. The van der Waals surface area contributed by atoms with E-state index >= 15 is 0 Å². The summed E-state index contributed by atoms with van der Waals surface area (Å²) in [5.74, 6) is 1.63. The van der Waals surface area contributed by atoms with E-state index in [4.69, 9.17) is 20.3 Å². The van der Waals surface area contributed by atoms with Crippen LogP contribution >= 0.6 is 0 Å². The van der Waals surface area contributed by atoms with Crippen LogP contribution < -0.4 is 15.8 Å². The topological polar surface area (TPSA) is 87.2 Å². The van der Waals surface area contributed by atoms with Gasteiger partial charge in [-0.05, 0) is 47.5 Å². The highest BCUT2D eigenvalue weighted by atomic mass is 16.5. The predicted octanol–water partition coefficient (Wildman–Crippen LogP) is 4.31. The zero-order valence-corrected chi connectivity index (χ0v) is 18.3. The van der Waals surface area contributed by atoms with Crippen molar-refractivity contribution in [1.82, 2.24) is 14.8 Å². The third-order valence-corrected chi connectivity index (χ3v) is 5.11. The first-order valence-electron chi connectivity index (χ1n) is 10.4. The molecule has 0 radical (unpaired) electrons. The van der Waals surface area contributed by atoms with Crippen molar-refractivity contribution in [2.24, 2.45) is 0 Å². The summed E-state index contributed by atoms with van der Waals surface area (Å²) in [7, 11) is 3.35. The van der Waals surface area contributed by atoms with Crippen LogP contribution in [0.1, 0.15) is 5.56 Å². The lowest BCUT2D eigenvalue weighted by atomic mass is 10.0. The number of hydrogen-bond acceptors (Lipinski definition) is 6. The minimum Gasteiger partial charge on any atom is -0.497 e. The second-order valence-corrected chi connectivity index (χ2v) is 7.41. The third kappa shape index (κ3) is 5.07. The Bertz CT molecular complexity index is 1170. The number of pyridine rings is 1. The molecule has 32 heavy (non-hydrogen) atoms. The summed E-state index contributed by atoms with van der Waals surface area (Å²) in [4.78, 5) is 4.42. The molecule has 0 saturated heterocycles. The standard InChI is InChI=1S/C25H27N5O2/c1-31-13-12-28-24-15-19(10-11-27-24)23-17-30(16-18-6-8-22(32-2)9-7-18)29-25(23)20-4-3-5-21(26)14-20/h3-11,14-15,17H,12-13,16,26H2,1-2H3,(H,27,28). The molecule has 2 heterocycles. The fourth-order valence-electron chi connectivity index (χ4n) is 3.51. The van der Waals surface area contributed by atoms with E-state index in [0.29, 0.717) is 25.4 Å². The molecule has 0 saturated carbocycles. The fourth-order valence-corrected chi connectivity index (χ4v) is 3.51. The highest BCUT2D eigenvalue weighted by Gasteiger charge is 2.15. The number of methoxy groups -OCH3 is 2. The van der Waals surface area contributed by atoms with Crippen LogP contribution in [0.4, 0.5) is 11.5 Å². The predicted molar refractivity (Wildman–Crippen MR) is 128 cm³/mol. The second kappa shape index (κ2) is 9.98. The SMILES string of the molecule is COCCNc1cc(-c2cn(Cc3ccc(OC)cc3)nc2-c2cccc(N)c2)ccn1. The molecule has 4 aromatic rings. The summed E-state index contributed by atoms with van der Waals surface area (Å²) in [5.41, 5.74) is 11.8. The van der Waals surface area contributed by atoms with Crippen LogP contribution in [-0.4, -0.2) is 42.1 Å². The Morgan fingerprint density at radius 3 is 2.59 bits per heavy atom. The molecule has 0 atom stereocenters. The molecule has 0 aliphatic heterocycles. The van der Waals surface area contributed by atoms with E-state index in [1.807, 2.05) is 65.3 Å². The average Bonchev–Trinajstić information content (AvgIpc) is 3.24. The molecule has 0 amide bonds. The minimum absolute atomic E-state index is 0.611. The molecule has 164 valence electrons. The lowest BCUT2D eigenvalue weighted by molar-refractivity contribution is 0.210. The van der Waals surface area contributed by atoms with Crippen LogP contribution in [0, 0.1) is 0 Å². The maximum atomic E-state index is 6.06. The van der Waals surface area contributed by atoms with E-state index in [-0.39, 0.29) is 0 Å². The van der Waals surface area contributed by atoms with Crippen LogP contribution in [0.25, 0.3) is 22.4 Å². The van der Waals surface area contributed by atoms with Gasteiger partial charge in [-0.25, -0.2) is 4.98 Å². The summed E-state index contributed by atoms with van der Waals surface area (Å²) in [6.45, 7) is 1.94. The monoisotopic (exact) mass is 429 g/mol. The molecule has 0 spiro atoms. The third-order valence-electron chi connectivity index (χ3n) is 5.11. The molecule has 4 rings (SSSR count). The van der Waals surface area contributed by atoms with E-state index in [2.05, 4.69) is 16.5 Å². The summed E-state index contributed by atoms with van der Waals surface area (Å²) in [5, 5.41) is 8.20. The van der Waals surface area contributed by atoms with Crippen molar-refractivity contribution >= 4 is 11.5 Å². The van der Waals surface area contributed by atoms with Gasteiger partial charge in [0.25, 0.3) is 0 Å². The quantitative estimate of drug-likeness (QED) is 0.305. The first-order valence-corrected chi connectivity index (χ1v) is 10.4. The zero-order valence-electron chi connectivity index (χ0n) is 18.3. The van der Waals surface area contributed by atoms with Crippen LogP contribution in [-0.2, 0) is 11.3 Å². The molecule has 2 aromatic carbocycles. The molecule has 0 fully saturated rings. The largest absolute Gasteiger partial charge is 0.497 e. The number of ether oxygens (including phenoxy) is 2. The number of aromatic nitrogens is 3. The Morgan fingerprint density at radius 2 is 1.84 bits per heavy atom. The van der Waals surface area contributed by atoms with Gasteiger partial charge in [-0.2, -0.15) is 5.10 Å². The average molecular weight is 430 g/mol. The molecule has 0 aliphatic rings. The molecule has 0 unspecified atom stereocenters. The lowest BCUT2D eigenvalue weighted by Gasteiger charge is -2.08. The fraction of sp³-hybridized carbons (Fsp3) is 0.200. The molecule has 7 nitrogen and oxygen atoms in total. The number of nitrogens with two attached hydrogens (primary N) is 1. The molecular formula is C25H27N5O2. The summed E-state index contributed by atoms with van der Waals surface area (Å²) >= 11 is 0. The van der Waals surface area contributed by atoms with Crippen molar-refractivity contribution in [1.29, 1.82) is 0 Å². The number of nitrogens with zero attached hydrogens (tertiary/aromatic N) is 3. The normalized spacial score (nSPS) is 10.8. The van der Waals surface area contributed by atoms with Crippen molar-refractivity contribution in [3.8, 4) is 28.1 Å². The smallest absolute Gasteiger partial charge is 0.126 e. The molecule has 0 bridgehead atoms. The van der Waals surface area contributed by atoms with Gasteiger partial charge in [0.1, 0.15) is 17.3 Å². The Hall–Kier alpha value is -3.84. The maximum absolute atomic E-state index is 6.06. The van der Waals surface area contributed by atoms with Gasteiger partial charge in [0.15, 0.2) is 0 Å². The van der Waals surface area contributed by atoms with Gasteiger partial charge in [-0.3, -0.25) is 4.68 Å². The molecule has 0 aliphatic carbocycles. The summed E-state index contributed by atoms with van der Waals surface area (Å²) < 4.78 is 12.3. The van der Waals surface area contributed by atoms with Crippen molar-refractivity contribution in [3.63, 3.8) is 0 Å². The number of rotatable bonds is 9. The van der Waals surface area contributed by atoms with Gasteiger partial charge in [0.2, 0.25) is 0 Å². The highest BCUT2D eigenvalue weighted by molar-refractivity contribution is 5.82. The van der Waals surface area contributed by atoms with Crippen molar-refractivity contribution in [3.05, 3.63) is 78.6 Å². The number of anilines is 2. The molecular weight excluding hydrogens is 402 g/mol. The van der Waals surface area contributed by atoms with E-state index < -0.39 is 0 Å². The van der Waals surface area contributed by atoms with Gasteiger partial charge >= 0.3 is 0 Å². The Balaban J connectivity index is 1.70. The van der Waals surface area contributed by atoms with E-state index in [1.165, 1.54) is 0 Å². The Kier molecular flexibility index (Phi) is 6.67. The Labute approximate surface area is 187 Å². The Morgan fingerprint density at radius 1 is 1.00 bits per heavy atom. The van der Waals surface area contributed by atoms with Crippen LogP contribution in [0.5, 0.6) is 5.75 Å². The van der Waals surface area contributed by atoms with Crippen molar-refractivity contribution < 1.29 is 9.47 Å². The van der Waals surface area contributed by atoms with Crippen LogP contribution in [0.2, 0.25) is 0 Å². The summed E-state index contributed by atoms with van der Waals surface area (Å²) in [6, 6.07) is 19.8. The van der Waals surface area contributed by atoms with Crippen molar-refractivity contribution in [2.75, 3.05) is 38.4 Å². The second-order valence-electron chi connectivity index (χ2n) is 7.41. The first-order chi connectivity index (χ1) is 15.7.